The highest BCUT2D eigenvalue weighted by Gasteiger charge is 2.29. The second-order valence-corrected chi connectivity index (χ2v) is 12.1. The van der Waals surface area contributed by atoms with E-state index in [1.54, 1.807) is 9.91 Å². The van der Waals surface area contributed by atoms with Crippen molar-refractivity contribution in [2.75, 3.05) is 64.4 Å². The van der Waals surface area contributed by atoms with Gasteiger partial charge in [-0.1, -0.05) is 12.1 Å². The van der Waals surface area contributed by atoms with E-state index >= 15 is 0 Å². The molecule has 1 N–H and O–H groups in total. The minimum atomic E-state index is -0.258. The standard InChI is InChI=1S/C29H38BrN9O2/c1-35-14-16-38(17-15-35)24-6-10-36(11-7-24)20-22-2-4-23(5-3-22)29(41)34-39(25-8-12-37(21-40)13-9-25)28-26(30)19-32-27(18-31)33-28/h2-5,19,21,24-25H,6-17,20H2,1H3,(H,34,41). The molecule has 1 aromatic carbocycles. The first-order valence-corrected chi connectivity index (χ1v) is 15.2. The maximum Gasteiger partial charge on any atom is 0.269 e. The van der Waals surface area contributed by atoms with Gasteiger partial charge < -0.3 is 9.80 Å². The van der Waals surface area contributed by atoms with E-state index in [1.165, 1.54) is 37.7 Å². The van der Waals surface area contributed by atoms with Gasteiger partial charge in [0.05, 0.1) is 10.5 Å². The van der Waals surface area contributed by atoms with Gasteiger partial charge in [0.1, 0.15) is 6.07 Å². The predicted molar refractivity (Wildman–Crippen MR) is 159 cm³/mol. The van der Waals surface area contributed by atoms with Crippen LogP contribution in [0.15, 0.2) is 34.9 Å². The third-order valence-corrected chi connectivity index (χ3v) is 9.08. The molecule has 12 heteroatoms. The molecule has 0 saturated carbocycles. The summed E-state index contributed by atoms with van der Waals surface area (Å²) >= 11 is 3.48. The number of nitrogens with zero attached hydrogens (tertiary/aromatic N) is 8. The van der Waals surface area contributed by atoms with Crippen molar-refractivity contribution >= 4 is 34.1 Å². The first kappa shape index (κ1) is 29.4. The molecule has 5 rings (SSSR count). The number of rotatable bonds is 8. The molecule has 4 heterocycles. The van der Waals surface area contributed by atoms with Crippen LogP contribution in [-0.4, -0.2) is 113 Å². The molecule has 0 radical (unpaired) electrons. The Kier molecular flexibility index (Phi) is 9.82. The number of halogens is 1. The molecule has 0 atom stereocenters. The zero-order valence-electron chi connectivity index (χ0n) is 23.6. The summed E-state index contributed by atoms with van der Waals surface area (Å²) in [5.74, 6) is 0.183. The smallest absolute Gasteiger partial charge is 0.269 e. The lowest BCUT2D eigenvalue weighted by molar-refractivity contribution is -0.119. The lowest BCUT2D eigenvalue weighted by Crippen LogP contribution is -2.53. The summed E-state index contributed by atoms with van der Waals surface area (Å²) in [5.41, 5.74) is 4.76. The van der Waals surface area contributed by atoms with E-state index in [-0.39, 0.29) is 17.8 Å². The van der Waals surface area contributed by atoms with Crippen molar-refractivity contribution < 1.29 is 9.59 Å². The summed E-state index contributed by atoms with van der Waals surface area (Å²) in [5, 5.41) is 11.1. The molecule has 0 bridgehead atoms. The number of hydrazine groups is 1. The highest BCUT2D eigenvalue weighted by molar-refractivity contribution is 9.10. The summed E-state index contributed by atoms with van der Waals surface area (Å²) in [7, 11) is 2.20. The zero-order chi connectivity index (χ0) is 28.8. The van der Waals surface area contributed by atoms with E-state index in [2.05, 4.69) is 53.1 Å². The SMILES string of the molecule is CN1CCN(C2CCN(Cc3ccc(C(=O)NN(c4nc(C#N)ncc4Br)C4CCN(C=O)CC4)cc3)CC2)CC1. The number of anilines is 1. The monoisotopic (exact) mass is 623 g/mol. The number of benzene rings is 1. The molecule has 2 amide bonds. The first-order valence-electron chi connectivity index (χ1n) is 14.4. The molecule has 3 aliphatic rings. The van der Waals surface area contributed by atoms with Crippen molar-refractivity contribution in [1.29, 1.82) is 5.26 Å². The average molecular weight is 625 g/mol. The zero-order valence-corrected chi connectivity index (χ0v) is 25.2. The van der Waals surface area contributed by atoms with Gasteiger partial charge in [-0.05, 0) is 79.4 Å². The Labute approximate surface area is 250 Å². The number of piperazine rings is 1. The van der Waals surface area contributed by atoms with Crippen LogP contribution in [0.1, 0.15) is 47.4 Å². The molecule has 3 aliphatic heterocycles. The fraction of sp³-hybridized carbons (Fsp3) is 0.552. The lowest BCUT2D eigenvalue weighted by atomic mass is 10.0. The number of likely N-dealkylation sites (N-methyl/N-ethyl adjacent to an activating group) is 1. The number of hydrogen-bond donors (Lipinski definition) is 1. The molecule has 41 heavy (non-hydrogen) atoms. The van der Waals surface area contributed by atoms with Crippen LogP contribution in [0.3, 0.4) is 0 Å². The van der Waals surface area contributed by atoms with Gasteiger partial charge >= 0.3 is 0 Å². The summed E-state index contributed by atoms with van der Waals surface area (Å²) < 4.78 is 0.571. The van der Waals surface area contributed by atoms with E-state index in [9.17, 15) is 14.9 Å². The molecule has 0 spiro atoms. The molecular formula is C29H38BrN9O2. The highest BCUT2D eigenvalue weighted by Crippen LogP contribution is 2.27. The van der Waals surface area contributed by atoms with Crippen LogP contribution >= 0.6 is 15.9 Å². The van der Waals surface area contributed by atoms with E-state index < -0.39 is 0 Å². The molecule has 1 aromatic heterocycles. The normalized spacial score (nSPS) is 20.0. The Balaban J connectivity index is 1.20. The van der Waals surface area contributed by atoms with Gasteiger partial charge in [-0.25, -0.2) is 4.98 Å². The van der Waals surface area contributed by atoms with Crippen LogP contribution in [-0.2, 0) is 11.3 Å². The molecule has 0 aliphatic carbocycles. The van der Waals surface area contributed by atoms with Gasteiger partial charge in [0.25, 0.3) is 5.91 Å². The summed E-state index contributed by atoms with van der Waals surface area (Å²) in [6.45, 7) is 8.89. The number of carbonyl (C=O) groups is 2. The van der Waals surface area contributed by atoms with Crippen molar-refractivity contribution in [3.63, 3.8) is 0 Å². The topological polar surface area (TPSA) is 112 Å². The lowest BCUT2D eigenvalue weighted by Gasteiger charge is -2.42. The van der Waals surface area contributed by atoms with Gasteiger partial charge in [-0.3, -0.25) is 29.8 Å². The van der Waals surface area contributed by atoms with Crippen molar-refractivity contribution in [3.8, 4) is 6.07 Å². The van der Waals surface area contributed by atoms with Crippen LogP contribution in [0.2, 0.25) is 0 Å². The van der Waals surface area contributed by atoms with Crippen LogP contribution < -0.4 is 10.4 Å². The maximum atomic E-state index is 13.4. The third kappa shape index (κ3) is 7.40. The van der Waals surface area contributed by atoms with Gasteiger partial charge in [0, 0.05) is 63.6 Å². The Bertz CT molecular complexity index is 1230. The fourth-order valence-electron chi connectivity index (χ4n) is 5.97. The molecule has 2 aromatic rings. The number of nitrogens with one attached hydrogen (secondary N) is 1. The average Bonchev–Trinajstić information content (AvgIpc) is 3.01. The number of aromatic nitrogens is 2. The second-order valence-electron chi connectivity index (χ2n) is 11.2. The largest absolute Gasteiger partial charge is 0.345 e. The van der Waals surface area contributed by atoms with Gasteiger partial charge in [-0.15, -0.1) is 0 Å². The van der Waals surface area contributed by atoms with Gasteiger partial charge in [0.15, 0.2) is 5.82 Å². The van der Waals surface area contributed by atoms with E-state index in [0.29, 0.717) is 47.8 Å². The van der Waals surface area contributed by atoms with E-state index in [0.717, 1.165) is 39.1 Å². The van der Waals surface area contributed by atoms with E-state index in [1.807, 2.05) is 30.3 Å². The number of carbonyl (C=O) groups excluding carboxylic acids is 2. The van der Waals surface area contributed by atoms with Gasteiger partial charge in [-0.2, -0.15) is 10.2 Å². The molecule has 0 unspecified atom stereocenters. The summed E-state index contributed by atoms with van der Waals surface area (Å²) in [6, 6.07) is 10.4. The molecular weight excluding hydrogens is 586 g/mol. The fourth-order valence-corrected chi connectivity index (χ4v) is 6.35. The number of amides is 2. The van der Waals surface area contributed by atoms with Crippen LogP contribution in [0, 0.1) is 11.3 Å². The maximum absolute atomic E-state index is 13.4. The van der Waals surface area contributed by atoms with Crippen molar-refractivity contribution in [2.45, 2.75) is 44.3 Å². The third-order valence-electron chi connectivity index (χ3n) is 8.52. The molecule has 3 fully saturated rings. The van der Waals surface area contributed by atoms with Crippen molar-refractivity contribution in [1.82, 2.24) is 35.0 Å². The number of likely N-dealkylation sites (tertiary alicyclic amines) is 2. The van der Waals surface area contributed by atoms with Crippen molar-refractivity contribution in [2.24, 2.45) is 0 Å². The Morgan fingerprint density at radius 3 is 2.39 bits per heavy atom. The molecule has 11 nitrogen and oxygen atoms in total. The highest BCUT2D eigenvalue weighted by atomic mass is 79.9. The first-order chi connectivity index (χ1) is 19.9. The quantitative estimate of drug-likeness (QED) is 0.349. The Morgan fingerprint density at radius 2 is 1.76 bits per heavy atom. The van der Waals surface area contributed by atoms with Gasteiger partial charge in [0.2, 0.25) is 12.2 Å². The minimum absolute atomic E-state index is 0.0182. The summed E-state index contributed by atoms with van der Waals surface area (Å²) in [6.07, 6.45) is 6.09. The van der Waals surface area contributed by atoms with Crippen molar-refractivity contribution in [3.05, 3.63) is 51.9 Å². The number of piperidine rings is 2. The number of nitriles is 1. The van der Waals surface area contributed by atoms with E-state index in [4.69, 9.17) is 0 Å². The Morgan fingerprint density at radius 1 is 1.07 bits per heavy atom. The van der Waals surface area contributed by atoms with Crippen LogP contribution in [0.25, 0.3) is 0 Å². The van der Waals surface area contributed by atoms with Crippen LogP contribution in [0.4, 0.5) is 5.82 Å². The second kappa shape index (κ2) is 13.7. The summed E-state index contributed by atoms with van der Waals surface area (Å²) in [4.78, 5) is 42.3. The minimum Gasteiger partial charge on any atom is -0.345 e. The molecule has 3 saturated heterocycles. The predicted octanol–water partition coefficient (Wildman–Crippen LogP) is 2.09. The number of hydrogen-bond acceptors (Lipinski definition) is 9. The Hall–Kier alpha value is -3.11. The molecule has 218 valence electrons. The van der Waals surface area contributed by atoms with Crippen LogP contribution in [0.5, 0.6) is 0 Å².